The summed E-state index contributed by atoms with van der Waals surface area (Å²) in [6.07, 6.45) is 3.65. The molecule has 0 radical (unpaired) electrons. The lowest BCUT2D eigenvalue weighted by Gasteiger charge is -2.10. The summed E-state index contributed by atoms with van der Waals surface area (Å²) in [4.78, 5) is 8.88. The van der Waals surface area contributed by atoms with Crippen LogP contribution in [0.15, 0.2) is 40.6 Å². The molecule has 0 atom stereocenters. The maximum absolute atomic E-state index is 4.66. The number of H-pyrrole nitrogens is 1. The van der Waals surface area contributed by atoms with Crippen LogP contribution in [0.3, 0.4) is 0 Å². The van der Waals surface area contributed by atoms with E-state index >= 15 is 0 Å². The number of aliphatic imine (C=N–C) groups is 2. The van der Waals surface area contributed by atoms with Crippen molar-refractivity contribution in [3.8, 4) is 0 Å². The molecular weight excluding hydrogens is 238 g/mol. The number of aryl methyl sites for hydroxylation is 1. The van der Waals surface area contributed by atoms with Crippen molar-refractivity contribution in [3.05, 3.63) is 47.3 Å². The van der Waals surface area contributed by atoms with Crippen molar-refractivity contribution in [2.45, 2.75) is 6.92 Å². The molecule has 5 nitrogen and oxygen atoms in total. The van der Waals surface area contributed by atoms with Crippen LogP contribution in [0.4, 0.5) is 5.69 Å². The monoisotopic (exact) mass is 253 g/mol. The topological polar surface area (TPSA) is 65.4 Å². The summed E-state index contributed by atoms with van der Waals surface area (Å²) in [7, 11) is 1.77. The summed E-state index contributed by atoms with van der Waals surface area (Å²) in [6.45, 7) is 2.62. The number of nitrogens with one attached hydrogen (secondary N) is 2. The molecule has 2 N–H and O–H groups in total. The van der Waals surface area contributed by atoms with E-state index in [1.54, 1.807) is 13.2 Å². The first-order chi connectivity index (χ1) is 9.28. The van der Waals surface area contributed by atoms with Crippen LogP contribution in [0, 0.1) is 6.92 Å². The van der Waals surface area contributed by atoms with Crippen LogP contribution in [-0.2, 0) is 0 Å². The second-order valence-corrected chi connectivity index (χ2v) is 4.50. The normalized spacial score (nSPS) is 16.5. The maximum atomic E-state index is 4.66. The number of amidine groups is 1. The van der Waals surface area contributed by atoms with Crippen LogP contribution >= 0.6 is 0 Å². The van der Waals surface area contributed by atoms with E-state index in [4.69, 9.17) is 0 Å². The fraction of sp³-hybridized carbons (Fsp3) is 0.214. The van der Waals surface area contributed by atoms with Crippen molar-refractivity contribution in [2.24, 2.45) is 9.98 Å². The van der Waals surface area contributed by atoms with Crippen molar-refractivity contribution >= 4 is 17.2 Å². The van der Waals surface area contributed by atoms with E-state index in [0.29, 0.717) is 6.54 Å². The van der Waals surface area contributed by atoms with Crippen LogP contribution in [0.1, 0.15) is 16.7 Å². The second-order valence-electron chi connectivity index (χ2n) is 4.50. The Labute approximate surface area is 111 Å². The van der Waals surface area contributed by atoms with Crippen molar-refractivity contribution in [1.29, 1.82) is 0 Å². The molecule has 0 saturated carbocycles. The molecule has 96 valence electrons. The van der Waals surface area contributed by atoms with E-state index < -0.39 is 0 Å². The molecule has 0 saturated heterocycles. The van der Waals surface area contributed by atoms with Gasteiger partial charge in [0.15, 0.2) is 0 Å². The van der Waals surface area contributed by atoms with Crippen molar-refractivity contribution in [1.82, 2.24) is 10.2 Å². The zero-order valence-corrected chi connectivity index (χ0v) is 10.9. The molecule has 2 aromatic rings. The third-order valence-corrected chi connectivity index (χ3v) is 3.14. The number of aromatic nitrogens is 2. The summed E-state index contributed by atoms with van der Waals surface area (Å²) in [5.74, 6) is 0.864. The Morgan fingerprint density at radius 1 is 1.32 bits per heavy atom. The molecule has 0 bridgehead atoms. The van der Waals surface area contributed by atoms with Gasteiger partial charge < -0.3 is 5.32 Å². The predicted octanol–water partition coefficient (Wildman–Crippen LogP) is 2.01. The molecule has 1 aromatic carbocycles. The number of hydrogen-bond acceptors (Lipinski definition) is 3. The van der Waals surface area contributed by atoms with Crippen molar-refractivity contribution in [3.63, 3.8) is 0 Å². The Hall–Kier alpha value is -2.43. The van der Waals surface area contributed by atoms with Crippen LogP contribution in [-0.4, -0.2) is 35.3 Å². The standard InChI is InChI=1S/C14H15N5/c1-9-3-4-12-11(5-9)14(10-6-17-18-7-10)16-8-13(15-2)19-12/h3-7H,8H2,1-2H3,(H,15,19)(H,17,18). The number of anilines is 1. The number of rotatable bonds is 1. The first-order valence-corrected chi connectivity index (χ1v) is 6.15. The van der Waals surface area contributed by atoms with Gasteiger partial charge in [-0.05, 0) is 19.1 Å². The lowest BCUT2D eigenvalue weighted by Crippen LogP contribution is -2.14. The highest BCUT2D eigenvalue weighted by atomic mass is 15.1. The van der Waals surface area contributed by atoms with E-state index in [9.17, 15) is 0 Å². The molecule has 1 aromatic heterocycles. The number of benzodiazepines with no additional fused rings is 1. The minimum atomic E-state index is 0.546. The molecule has 0 spiro atoms. The van der Waals surface area contributed by atoms with Gasteiger partial charge >= 0.3 is 0 Å². The van der Waals surface area contributed by atoms with Gasteiger partial charge in [0.1, 0.15) is 5.84 Å². The average Bonchev–Trinajstić information content (AvgIpc) is 2.87. The summed E-state index contributed by atoms with van der Waals surface area (Å²) in [5.41, 5.74) is 5.25. The van der Waals surface area contributed by atoms with Gasteiger partial charge in [0.2, 0.25) is 0 Å². The van der Waals surface area contributed by atoms with E-state index in [1.165, 1.54) is 5.56 Å². The van der Waals surface area contributed by atoms with Gasteiger partial charge in [0.25, 0.3) is 0 Å². The minimum Gasteiger partial charge on any atom is -0.342 e. The molecule has 0 unspecified atom stereocenters. The average molecular weight is 253 g/mol. The zero-order valence-electron chi connectivity index (χ0n) is 10.9. The summed E-state index contributed by atoms with van der Waals surface area (Å²) in [5, 5.41) is 10.2. The van der Waals surface area contributed by atoms with Crippen LogP contribution in [0.2, 0.25) is 0 Å². The van der Waals surface area contributed by atoms with Gasteiger partial charge in [-0.2, -0.15) is 5.10 Å². The third kappa shape index (κ3) is 2.14. The predicted molar refractivity (Wildman–Crippen MR) is 77.3 cm³/mol. The van der Waals surface area contributed by atoms with E-state index in [0.717, 1.165) is 28.4 Å². The second kappa shape index (κ2) is 4.68. The van der Waals surface area contributed by atoms with Crippen molar-refractivity contribution in [2.75, 3.05) is 18.9 Å². The Balaban J connectivity index is 2.19. The van der Waals surface area contributed by atoms with Crippen molar-refractivity contribution < 1.29 is 0 Å². The summed E-state index contributed by atoms with van der Waals surface area (Å²) < 4.78 is 0. The fourth-order valence-corrected chi connectivity index (χ4v) is 2.15. The van der Waals surface area contributed by atoms with Gasteiger partial charge in [-0.25, -0.2) is 0 Å². The van der Waals surface area contributed by atoms with Crippen LogP contribution in [0.5, 0.6) is 0 Å². The highest BCUT2D eigenvalue weighted by molar-refractivity contribution is 6.19. The van der Waals surface area contributed by atoms with Crippen LogP contribution < -0.4 is 5.32 Å². The van der Waals surface area contributed by atoms with Gasteiger partial charge in [0.05, 0.1) is 18.5 Å². The number of fused-ring (bicyclic) bond motifs is 1. The fourth-order valence-electron chi connectivity index (χ4n) is 2.15. The van der Waals surface area contributed by atoms with Crippen LogP contribution in [0.25, 0.3) is 0 Å². The maximum Gasteiger partial charge on any atom is 0.122 e. The zero-order chi connectivity index (χ0) is 13.2. The first kappa shape index (κ1) is 11.6. The number of aromatic amines is 1. The Morgan fingerprint density at radius 2 is 2.21 bits per heavy atom. The molecule has 0 amide bonds. The molecule has 0 aliphatic carbocycles. The quantitative estimate of drug-likeness (QED) is 0.816. The number of nitrogens with zero attached hydrogens (tertiary/aromatic N) is 3. The third-order valence-electron chi connectivity index (χ3n) is 3.14. The largest absolute Gasteiger partial charge is 0.342 e. The molecular formula is C14H15N5. The number of benzene rings is 1. The highest BCUT2D eigenvalue weighted by Crippen LogP contribution is 2.23. The molecule has 3 rings (SSSR count). The van der Waals surface area contributed by atoms with E-state index in [2.05, 4.69) is 50.6 Å². The summed E-state index contributed by atoms with van der Waals surface area (Å²) >= 11 is 0. The van der Waals surface area contributed by atoms with Gasteiger partial charge in [-0.15, -0.1) is 0 Å². The molecule has 1 aliphatic rings. The molecule has 0 fully saturated rings. The smallest absolute Gasteiger partial charge is 0.122 e. The molecule has 19 heavy (non-hydrogen) atoms. The Kier molecular flexibility index (Phi) is 2.87. The Bertz CT molecular complexity index is 652. The SMILES string of the molecule is CN=C1CN=C(c2cn[nH]c2)c2cc(C)ccc2N1. The number of hydrogen-bond donors (Lipinski definition) is 2. The summed E-state index contributed by atoms with van der Waals surface area (Å²) in [6, 6.07) is 6.28. The van der Waals surface area contributed by atoms with E-state index in [1.807, 2.05) is 6.20 Å². The minimum absolute atomic E-state index is 0.546. The molecule has 1 aliphatic heterocycles. The lowest BCUT2D eigenvalue weighted by molar-refractivity contribution is 1.09. The van der Waals surface area contributed by atoms with E-state index in [-0.39, 0.29) is 0 Å². The molecule has 5 heteroatoms. The molecule has 2 heterocycles. The van der Waals surface area contributed by atoms with Gasteiger partial charge in [-0.1, -0.05) is 11.6 Å². The lowest BCUT2D eigenvalue weighted by atomic mass is 10.0. The van der Waals surface area contributed by atoms with Gasteiger partial charge in [0, 0.05) is 30.1 Å². The first-order valence-electron chi connectivity index (χ1n) is 6.15. The highest BCUT2D eigenvalue weighted by Gasteiger charge is 2.17. The van der Waals surface area contributed by atoms with Gasteiger partial charge in [-0.3, -0.25) is 15.1 Å². The Morgan fingerprint density at radius 3 is 2.95 bits per heavy atom.